The van der Waals surface area contributed by atoms with Crippen LogP contribution in [0.2, 0.25) is 0 Å². The summed E-state index contributed by atoms with van der Waals surface area (Å²) in [6, 6.07) is 94.7. The minimum absolute atomic E-state index is 1.29. The average molecular weight is 1100 g/mol. The van der Waals surface area contributed by atoms with Gasteiger partial charge in [-0.05, 0) is 190 Å². The smallest absolute Gasteiger partial charge is 0.0152 e. The lowest BCUT2D eigenvalue weighted by molar-refractivity contribution is 1.34. The summed E-state index contributed by atoms with van der Waals surface area (Å²) in [5.74, 6) is 0. The predicted octanol–water partition coefficient (Wildman–Crippen LogP) is 24.1. The molecule has 0 aliphatic heterocycles. The molecule has 0 heteroatoms. The second-order valence-corrected chi connectivity index (χ2v) is 22.8. The molecule has 0 radical (unpaired) electrons. The number of fused-ring (bicyclic) bond motifs is 4. The number of benzene rings is 13. The average Bonchev–Trinajstić information content (AvgIpc) is 3.66. The molecule has 13 rings (SSSR count). The highest BCUT2D eigenvalue weighted by atomic mass is 14.1. The van der Waals surface area contributed by atoms with Crippen LogP contribution in [0, 0.1) is 96.9 Å². The molecule has 0 saturated heterocycles. The van der Waals surface area contributed by atoms with E-state index in [-0.39, 0.29) is 0 Å². The van der Waals surface area contributed by atoms with Crippen molar-refractivity contribution < 1.29 is 0 Å². The number of hydrogen-bond donors (Lipinski definition) is 0. The van der Waals surface area contributed by atoms with E-state index in [0.717, 1.165) is 0 Å². The summed E-state index contributed by atoms with van der Waals surface area (Å²) in [6.07, 6.45) is 0. The van der Waals surface area contributed by atoms with Crippen molar-refractivity contribution in [3.05, 3.63) is 345 Å². The Morgan fingerprint density at radius 2 is 0.524 bits per heavy atom. The van der Waals surface area contributed by atoms with Gasteiger partial charge in [0, 0.05) is 0 Å². The van der Waals surface area contributed by atoms with Crippen LogP contribution in [0.4, 0.5) is 0 Å². The number of rotatable bonds is 2. The second kappa shape index (κ2) is 30.8. The van der Waals surface area contributed by atoms with E-state index in [4.69, 9.17) is 0 Å². The third kappa shape index (κ3) is 19.0. The highest BCUT2D eigenvalue weighted by Gasteiger charge is 2.02. The minimum Gasteiger partial charge on any atom is -0.0622 e. The van der Waals surface area contributed by atoms with Gasteiger partial charge in [-0.25, -0.2) is 0 Å². The zero-order chi connectivity index (χ0) is 60.1. The maximum Gasteiger partial charge on any atom is -0.0152 e. The van der Waals surface area contributed by atoms with Gasteiger partial charge in [0.15, 0.2) is 0 Å². The zero-order valence-corrected chi connectivity index (χ0v) is 52.4. The van der Waals surface area contributed by atoms with E-state index in [2.05, 4.69) is 358 Å². The van der Waals surface area contributed by atoms with Crippen molar-refractivity contribution in [1.29, 1.82) is 0 Å². The van der Waals surface area contributed by atoms with E-state index in [9.17, 15) is 0 Å². The van der Waals surface area contributed by atoms with Gasteiger partial charge >= 0.3 is 0 Å². The van der Waals surface area contributed by atoms with Gasteiger partial charge in [0.1, 0.15) is 0 Å². The van der Waals surface area contributed by atoms with Crippen LogP contribution in [0.15, 0.2) is 267 Å². The number of hydrogen-bond acceptors (Lipinski definition) is 0. The van der Waals surface area contributed by atoms with Gasteiger partial charge in [0.2, 0.25) is 0 Å². The Morgan fingerprint density at radius 1 is 0.155 bits per heavy atom. The van der Waals surface area contributed by atoms with Gasteiger partial charge in [0.25, 0.3) is 0 Å². The van der Waals surface area contributed by atoms with Crippen LogP contribution >= 0.6 is 0 Å². The van der Waals surface area contributed by atoms with E-state index in [1.54, 1.807) is 0 Å². The van der Waals surface area contributed by atoms with Crippen LogP contribution in [0.3, 0.4) is 0 Å². The largest absolute Gasteiger partial charge is 0.0622 e. The van der Waals surface area contributed by atoms with Crippen molar-refractivity contribution in [2.75, 3.05) is 0 Å². The first-order valence-corrected chi connectivity index (χ1v) is 29.5. The normalized spacial score (nSPS) is 10.3. The molecule has 0 aliphatic carbocycles. The molecule has 0 unspecified atom stereocenters. The Bertz CT molecular complexity index is 4070. The van der Waals surface area contributed by atoms with E-state index in [1.807, 2.05) is 6.07 Å². The predicted molar refractivity (Wildman–Crippen MR) is 372 cm³/mol. The van der Waals surface area contributed by atoms with E-state index < -0.39 is 0 Å². The Morgan fingerprint density at radius 3 is 1.06 bits per heavy atom. The third-order valence-electron chi connectivity index (χ3n) is 15.0. The molecule has 0 atom stereocenters. The molecular formula is C84H86. The second-order valence-electron chi connectivity index (χ2n) is 22.8. The lowest BCUT2D eigenvalue weighted by Gasteiger charge is -2.06. The molecule has 422 valence electrons. The van der Waals surface area contributed by atoms with Crippen molar-refractivity contribution in [2.24, 2.45) is 0 Å². The van der Waals surface area contributed by atoms with Gasteiger partial charge in [-0.15, -0.1) is 0 Å². The van der Waals surface area contributed by atoms with Gasteiger partial charge < -0.3 is 0 Å². The Kier molecular flexibility index (Phi) is 22.9. The first-order chi connectivity index (χ1) is 40.4. The maximum atomic E-state index is 2.24. The SMILES string of the molecule is Cc1cc(C)c2ccccc2c1.Cc1cc(C)cc(-c2ccccc2)c1.Cc1ccc(C)c(-c2ccccc2)c1.Cc1ccc2c(C)cccc2c1.Cc1ccc2cc(C)ccc2c1.Cc1ccc2ccc(C)cc2c1.Cc1ccccc1C. The number of aryl methyl sites for hydroxylation is 14. The molecule has 0 N–H and O–H groups in total. The Labute approximate surface area is 504 Å². The summed E-state index contributed by atoms with van der Waals surface area (Å²) >= 11 is 0. The molecule has 0 bridgehead atoms. The molecule has 0 fully saturated rings. The lowest BCUT2D eigenvalue weighted by Crippen LogP contribution is -1.83. The van der Waals surface area contributed by atoms with Crippen LogP contribution in [-0.2, 0) is 0 Å². The molecule has 84 heavy (non-hydrogen) atoms. The van der Waals surface area contributed by atoms with Gasteiger partial charge in [-0.3, -0.25) is 0 Å². The first kappa shape index (κ1) is 62.5. The topological polar surface area (TPSA) is 0 Å². The fraction of sp³-hybridized carbons (Fsp3) is 0.167. The first-order valence-electron chi connectivity index (χ1n) is 29.5. The van der Waals surface area contributed by atoms with Crippen LogP contribution in [0.1, 0.15) is 77.9 Å². The van der Waals surface area contributed by atoms with Crippen LogP contribution in [0.5, 0.6) is 0 Å². The summed E-state index contributed by atoms with van der Waals surface area (Å²) in [7, 11) is 0. The molecule has 0 nitrogen and oxygen atoms in total. The summed E-state index contributed by atoms with van der Waals surface area (Å²) in [6.45, 7) is 29.9. The molecular weight excluding hydrogens is 1010 g/mol. The van der Waals surface area contributed by atoms with Crippen molar-refractivity contribution in [3.8, 4) is 22.3 Å². The highest BCUT2D eigenvalue weighted by Crippen LogP contribution is 2.26. The molecule has 13 aromatic rings. The van der Waals surface area contributed by atoms with E-state index >= 15 is 0 Å². The molecule has 0 aromatic heterocycles. The summed E-state index contributed by atoms with van der Waals surface area (Å²) < 4.78 is 0. The standard InChI is InChI=1S/2C14H14.4C12H12.C8H10/c1-11-8-12(2)10-14(9-11)13-6-4-3-5-7-13;1-11-8-9-12(2)14(10-11)13-6-4-3-5-7-13;1-9-3-5-12-8-10(2)4-6-11(12)7-9;1-9-3-5-11-6-4-10(2)8-12(11)7-9;1-9-6-7-12-10(2)4-3-5-11(12)8-9;1-9-7-10(2)12-6-4-3-5-11(12)8-9;1-7-5-3-4-6-8(7)2/h2*3-10H,1-2H3;4*3-8H,1-2H3;3-6H,1-2H3. The van der Waals surface area contributed by atoms with Gasteiger partial charge in [-0.1, -0.05) is 317 Å². The van der Waals surface area contributed by atoms with Crippen molar-refractivity contribution in [2.45, 2.75) is 96.9 Å². The molecule has 0 amide bonds. The van der Waals surface area contributed by atoms with Crippen molar-refractivity contribution in [1.82, 2.24) is 0 Å². The third-order valence-corrected chi connectivity index (χ3v) is 15.0. The van der Waals surface area contributed by atoms with Crippen LogP contribution < -0.4 is 0 Å². The van der Waals surface area contributed by atoms with Gasteiger partial charge in [-0.2, -0.15) is 0 Å². The molecule has 0 heterocycles. The summed E-state index contributed by atoms with van der Waals surface area (Å²) in [4.78, 5) is 0. The van der Waals surface area contributed by atoms with Gasteiger partial charge in [0.05, 0.1) is 0 Å². The molecule has 0 spiro atoms. The lowest BCUT2D eigenvalue weighted by atomic mass is 9.99. The molecule has 0 aliphatic rings. The van der Waals surface area contributed by atoms with Crippen molar-refractivity contribution >= 4 is 43.1 Å². The Balaban J connectivity index is 0.000000141. The van der Waals surface area contributed by atoms with Crippen LogP contribution in [-0.4, -0.2) is 0 Å². The highest BCUT2D eigenvalue weighted by molar-refractivity contribution is 5.87. The minimum atomic E-state index is 1.29. The van der Waals surface area contributed by atoms with Crippen LogP contribution in [0.25, 0.3) is 65.3 Å². The zero-order valence-electron chi connectivity index (χ0n) is 52.4. The quantitative estimate of drug-likeness (QED) is 0.162. The van der Waals surface area contributed by atoms with Crippen molar-refractivity contribution in [3.63, 3.8) is 0 Å². The molecule has 13 aromatic carbocycles. The van der Waals surface area contributed by atoms with E-state index in [0.29, 0.717) is 0 Å². The Hall–Kier alpha value is -9.10. The summed E-state index contributed by atoms with van der Waals surface area (Å²) in [5.41, 5.74) is 24.0. The maximum absolute atomic E-state index is 2.24. The monoisotopic (exact) mass is 1090 g/mol. The summed E-state index contributed by atoms with van der Waals surface area (Å²) in [5, 5.41) is 10.7. The fourth-order valence-electron chi connectivity index (χ4n) is 10.3. The van der Waals surface area contributed by atoms with E-state index in [1.165, 1.54) is 143 Å². The molecule has 0 saturated carbocycles. The fourth-order valence-corrected chi connectivity index (χ4v) is 10.3.